The molecule has 0 spiro atoms. The molecule has 0 amide bonds. The lowest BCUT2D eigenvalue weighted by Crippen LogP contribution is -2.14. The molecule has 250 valence electrons. The van der Waals surface area contributed by atoms with Crippen LogP contribution >= 0.6 is 0 Å². The highest BCUT2D eigenvalue weighted by Gasteiger charge is 2.35. The van der Waals surface area contributed by atoms with Crippen molar-refractivity contribution in [1.29, 1.82) is 0 Å². The molecule has 0 atom stereocenters. The topological polar surface area (TPSA) is 9.86 Å². The lowest BCUT2D eigenvalue weighted by Gasteiger charge is -2.21. The van der Waals surface area contributed by atoms with Crippen molar-refractivity contribution in [1.82, 2.24) is 9.13 Å². The Balaban J connectivity index is 1.11. The molecule has 2 heterocycles. The summed E-state index contributed by atoms with van der Waals surface area (Å²) in [6, 6.07) is 67.0. The SMILES string of the molecule is CC1(C)c2ccccc2-c2cc(-c3cccc(-n4c5ccccc5c5c6c7ccccc7n(-c7ccc(-c8ccccc8)cc7)c6ccc54)c3)ccc21. The number of hydrogen-bond acceptors (Lipinski definition) is 0. The summed E-state index contributed by atoms with van der Waals surface area (Å²) in [7, 11) is 0. The van der Waals surface area contributed by atoms with Crippen molar-refractivity contribution in [3.63, 3.8) is 0 Å². The van der Waals surface area contributed by atoms with Crippen LogP contribution in [0.4, 0.5) is 0 Å². The van der Waals surface area contributed by atoms with Crippen LogP contribution < -0.4 is 0 Å². The molecule has 11 rings (SSSR count). The smallest absolute Gasteiger partial charge is 0.0548 e. The van der Waals surface area contributed by atoms with Crippen molar-refractivity contribution in [2.45, 2.75) is 19.3 Å². The quantitative estimate of drug-likeness (QED) is 0.176. The van der Waals surface area contributed by atoms with E-state index in [1.165, 1.54) is 88.1 Å². The molecule has 2 aromatic heterocycles. The van der Waals surface area contributed by atoms with E-state index < -0.39 is 0 Å². The van der Waals surface area contributed by atoms with Crippen LogP contribution in [-0.2, 0) is 5.41 Å². The first-order valence-corrected chi connectivity index (χ1v) is 18.5. The number of fused-ring (bicyclic) bond motifs is 10. The fourth-order valence-corrected chi connectivity index (χ4v) is 9.23. The fourth-order valence-electron chi connectivity index (χ4n) is 9.23. The summed E-state index contributed by atoms with van der Waals surface area (Å²) in [6.07, 6.45) is 0. The van der Waals surface area contributed by atoms with Crippen LogP contribution in [0.5, 0.6) is 0 Å². The molecule has 1 aliphatic rings. The van der Waals surface area contributed by atoms with Crippen LogP contribution in [0.25, 0.3) is 88.4 Å². The summed E-state index contributed by atoms with van der Waals surface area (Å²) in [5, 5.41) is 5.10. The second-order valence-corrected chi connectivity index (χ2v) is 15.0. The van der Waals surface area contributed by atoms with Gasteiger partial charge in [0.1, 0.15) is 0 Å². The van der Waals surface area contributed by atoms with Gasteiger partial charge in [0.15, 0.2) is 0 Å². The number of nitrogens with zero attached hydrogens (tertiary/aromatic N) is 2. The lowest BCUT2D eigenvalue weighted by atomic mass is 9.82. The summed E-state index contributed by atoms with van der Waals surface area (Å²) >= 11 is 0. The Hall–Kier alpha value is -6.64. The van der Waals surface area contributed by atoms with Crippen molar-refractivity contribution in [3.05, 3.63) is 193 Å². The number of aromatic nitrogens is 2. The Morgan fingerprint density at radius 2 is 0.868 bits per heavy atom. The van der Waals surface area contributed by atoms with E-state index in [-0.39, 0.29) is 5.41 Å². The van der Waals surface area contributed by atoms with Gasteiger partial charge in [0.2, 0.25) is 0 Å². The van der Waals surface area contributed by atoms with Crippen LogP contribution in [0.2, 0.25) is 0 Å². The van der Waals surface area contributed by atoms with Gasteiger partial charge in [-0.05, 0) is 99.1 Å². The molecular formula is C51H36N2. The van der Waals surface area contributed by atoms with E-state index in [2.05, 4.69) is 205 Å². The van der Waals surface area contributed by atoms with Gasteiger partial charge >= 0.3 is 0 Å². The first-order chi connectivity index (χ1) is 26.1. The third-order valence-electron chi connectivity index (χ3n) is 11.7. The van der Waals surface area contributed by atoms with E-state index in [1.54, 1.807) is 0 Å². The first-order valence-electron chi connectivity index (χ1n) is 18.5. The standard InChI is InChI=1S/C51H36N2/c1-51(2)43-20-9-6-17-39(43)42-32-36(25-28-44(42)51)35-15-12-16-38(31-35)53-46-22-11-8-19-41(46)50-48(53)30-29-47-49(50)40-18-7-10-21-45(40)52(47)37-26-23-34(24-27-37)33-13-4-3-5-14-33/h3-32H,1-2H3. The van der Waals surface area contributed by atoms with Crippen molar-refractivity contribution in [3.8, 4) is 44.8 Å². The van der Waals surface area contributed by atoms with Gasteiger partial charge in [0.25, 0.3) is 0 Å². The average molecular weight is 677 g/mol. The minimum Gasteiger partial charge on any atom is -0.309 e. The number of rotatable bonds is 4. The van der Waals surface area contributed by atoms with E-state index in [1.807, 2.05) is 0 Å². The summed E-state index contributed by atoms with van der Waals surface area (Å²) < 4.78 is 4.89. The molecule has 8 aromatic carbocycles. The molecule has 53 heavy (non-hydrogen) atoms. The molecule has 2 nitrogen and oxygen atoms in total. The first kappa shape index (κ1) is 30.0. The molecular weight excluding hydrogens is 641 g/mol. The molecule has 1 aliphatic carbocycles. The summed E-state index contributed by atoms with van der Waals surface area (Å²) in [4.78, 5) is 0. The molecule has 10 aromatic rings. The molecule has 0 N–H and O–H groups in total. The predicted octanol–water partition coefficient (Wildman–Crippen LogP) is 13.5. The minimum atomic E-state index is -0.00462. The van der Waals surface area contributed by atoms with Gasteiger partial charge in [-0.3, -0.25) is 0 Å². The molecule has 2 heteroatoms. The van der Waals surface area contributed by atoms with Crippen LogP contribution in [0, 0.1) is 0 Å². The van der Waals surface area contributed by atoms with Gasteiger partial charge in [-0.15, -0.1) is 0 Å². The Kier molecular flexibility index (Phi) is 6.33. The Morgan fingerprint density at radius 1 is 0.340 bits per heavy atom. The maximum Gasteiger partial charge on any atom is 0.0548 e. The van der Waals surface area contributed by atoms with Crippen LogP contribution in [-0.4, -0.2) is 9.13 Å². The van der Waals surface area contributed by atoms with Gasteiger partial charge in [-0.1, -0.05) is 141 Å². The Labute approximate surface area is 308 Å². The highest BCUT2D eigenvalue weighted by molar-refractivity contribution is 6.28. The van der Waals surface area contributed by atoms with Gasteiger partial charge in [-0.2, -0.15) is 0 Å². The zero-order valence-electron chi connectivity index (χ0n) is 29.7. The van der Waals surface area contributed by atoms with Crippen molar-refractivity contribution in [2.75, 3.05) is 0 Å². The number of para-hydroxylation sites is 2. The van der Waals surface area contributed by atoms with Crippen LogP contribution in [0.15, 0.2) is 182 Å². The van der Waals surface area contributed by atoms with Crippen molar-refractivity contribution >= 4 is 43.6 Å². The highest BCUT2D eigenvalue weighted by atomic mass is 15.0. The largest absolute Gasteiger partial charge is 0.309 e. The maximum absolute atomic E-state index is 2.46. The van der Waals surface area contributed by atoms with E-state index in [9.17, 15) is 0 Å². The molecule has 0 bridgehead atoms. The third-order valence-corrected chi connectivity index (χ3v) is 11.7. The molecule has 0 aliphatic heterocycles. The molecule has 0 saturated heterocycles. The number of benzene rings is 8. The average Bonchev–Trinajstić information content (AvgIpc) is 3.81. The zero-order chi connectivity index (χ0) is 35.3. The highest BCUT2D eigenvalue weighted by Crippen LogP contribution is 2.50. The van der Waals surface area contributed by atoms with Gasteiger partial charge in [0, 0.05) is 38.3 Å². The number of hydrogen-bond donors (Lipinski definition) is 0. The van der Waals surface area contributed by atoms with Crippen molar-refractivity contribution in [2.24, 2.45) is 0 Å². The monoisotopic (exact) mass is 676 g/mol. The second kappa shape index (κ2) is 11.2. The molecule has 0 fully saturated rings. The van der Waals surface area contributed by atoms with Crippen LogP contribution in [0.3, 0.4) is 0 Å². The molecule has 0 saturated carbocycles. The Bertz CT molecular complexity index is 3060. The predicted molar refractivity (Wildman–Crippen MR) is 224 cm³/mol. The third kappa shape index (κ3) is 4.33. The zero-order valence-corrected chi connectivity index (χ0v) is 29.7. The van der Waals surface area contributed by atoms with Gasteiger partial charge in [-0.25, -0.2) is 0 Å². The lowest BCUT2D eigenvalue weighted by molar-refractivity contribution is 0.660. The summed E-state index contributed by atoms with van der Waals surface area (Å²) in [5.74, 6) is 0. The van der Waals surface area contributed by atoms with E-state index >= 15 is 0 Å². The van der Waals surface area contributed by atoms with Gasteiger partial charge in [0.05, 0.1) is 22.1 Å². The van der Waals surface area contributed by atoms with E-state index in [0.29, 0.717) is 0 Å². The molecule has 0 radical (unpaired) electrons. The molecule has 0 unspecified atom stereocenters. The minimum absolute atomic E-state index is 0.00462. The second-order valence-electron chi connectivity index (χ2n) is 15.0. The van der Waals surface area contributed by atoms with Gasteiger partial charge < -0.3 is 9.13 Å². The van der Waals surface area contributed by atoms with Crippen LogP contribution in [0.1, 0.15) is 25.0 Å². The van der Waals surface area contributed by atoms with E-state index in [0.717, 1.165) is 11.4 Å². The van der Waals surface area contributed by atoms with E-state index in [4.69, 9.17) is 0 Å². The maximum atomic E-state index is 2.46. The fraction of sp³-hybridized carbons (Fsp3) is 0.0588. The van der Waals surface area contributed by atoms with Crippen molar-refractivity contribution < 1.29 is 0 Å². The summed E-state index contributed by atoms with van der Waals surface area (Å²) in [6.45, 7) is 4.69. The Morgan fingerprint density at radius 3 is 1.58 bits per heavy atom. The normalized spacial score (nSPS) is 13.2. The summed E-state index contributed by atoms with van der Waals surface area (Å²) in [5.41, 5.74) is 17.6.